The van der Waals surface area contributed by atoms with E-state index < -0.39 is 26.7 Å². The van der Waals surface area contributed by atoms with Gasteiger partial charge in [-0.3, -0.25) is 0 Å². The molecule has 0 amide bonds. The van der Waals surface area contributed by atoms with Crippen LogP contribution in [0.5, 0.6) is 0 Å². The van der Waals surface area contributed by atoms with Crippen LogP contribution < -0.4 is 5.73 Å². The molecule has 33 heavy (non-hydrogen) atoms. The molecule has 5 nitrogen and oxygen atoms in total. The molecule has 2 atom stereocenters. The van der Waals surface area contributed by atoms with Gasteiger partial charge in [0.25, 0.3) is 0 Å². The average Bonchev–Trinajstić information content (AvgIpc) is 2.80. The Morgan fingerprint density at radius 2 is 1.76 bits per heavy atom. The fourth-order valence-corrected chi connectivity index (χ4v) is 6.70. The van der Waals surface area contributed by atoms with Crippen molar-refractivity contribution in [3.63, 3.8) is 0 Å². The Hall–Kier alpha value is -1.94. The number of halogens is 3. The maximum Gasteiger partial charge on any atom is 0.417 e. The minimum Gasteiger partial charge on any atom is -0.368 e. The van der Waals surface area contributed by atoms with Gasteiger partial charge < -0.3 is 10.5 Å². The second kappa shape index (κ2) is 9.02. The molecule has 0 radical (unpaired) electrons. The van der Waals surface area contributed by atoms with Gasteiger partial charge in [-0.25, -0.2) is 8.42 Å². The Kier molecular flexibility index (Phi) is 6.61. The molecule has 1 fully saturated rings. The Morgan fingerprint density at radius 3 is 2.39 bits per heavy atom. The van der Waals surface area contributed by atoms with E-state index in [2.05, 4.69) is 26.0 Å². The molecule has 2 heterocycles. The summed E-state index contributed by atoms with van der Waals surface area (Å²) in [6.07, 6.45) is -3.27. The van der Waals surface area contributed by atoms with Crippen molar-refractivity contribution in [3.05, 3.63) is 64.2 Å². The summed E-state index contributed by atoms with van der Waals surface area (Å²) >= 11 is 0. The molecule has 2 aliphatic rings. The number of fused-ring (bicyclic) bond motifs is 1. The smallest absolute Gasteiger partial charge is 0.368 e. The van der Waals surface area contributed by atoms with Crippen molar-refractivity contribution in [1.29, 1.82) is 0 Å². The maximum absolute atomic E-state index is 13.4. The van der Waals surface area contributed by atoms with E-state index in [0.29, 0.717) is 19.4 Å². The second-order valence-corrected chi connectivity index (χ2v) is 10.8. The summed E-state index contributed by atoms with van der Waals surface area (Å²) in [5.74, 6) is 0.108. The summed E-state index contributed by atoms with van der Waals surface area (Å²) in [6, 6.07) is 8.50. The third-order valence-electron chi connectivity index (χ3n) is 7.05. The molecule has 0 unspecified atom stereocenters. The van der Waals surface area contributed by atoms with E-state index in [1.807, 2.05) is 0 Å². The molecule has 2 aromatic rings. The van der Waals surface area contributed by atoms with Crippen molar-refractivity contribution in [3.8, 4) is 0 Å². The molecule has 0 aliphatic carbocycles. The van der Waals surface area contributed by atoms with Crippen LogP contribution in [-0.2, 0) is 27.4 Å². The number of alkyl halides is 3. The summed E-state index contributed by atoms with van der Waals surface area (Å²) in [4.78, 5) is -0.687. The molecule has 1 saturated heterocycles. The molecule has 180 valence electrons. The maximum atomic E-state index is 13.4. The first kappa shape index (κ1) is 24.2. The summed E-state index contributed by atoms with van der Waals surface area (Å²) in [7, 11) is -4.25. The van der Waals surface area contributed by atoms with Gasteiger partial charge in [0, 0.05) is 19.6 Å². The average molecular weight is 483 g/mol. The Bertz CT molecular complexity index is 1130. The predicted molar refractivity (Wildman–Crippen MR) is 119 cm³/mol. The van der Waals surface area contributed by atoms with E-state index in [1.165, 1.54) is 33.1 Å². The van der Waals surface area contributed by atoms with Crippen LogP contribution in [0.15, 0.2) is 41.3 Å². The van der Waals surface area contributed by atoms with Crippen LogP contribution >= 0.6 is 0 Å². The fourth-order valence-electron chi connectivity index (χ4n) is 5.01. The summed E-state index contributed by atoms with van der Waals surface area (Å²) < 4.78 is 73.8. The van der Waals surface area contributed by atoms with Crippen LogP contribution in [0.2, 0.25) is 0 Å². The number of sulfonamides is 1. The molecule has 2 aliphatic heterocycles. The monoisotopic (exact) mass is 482 g/mol. The first-order chi connectivity index (χ1) is 15.5. The van der Waals surface area contributed by atoms with Crippen molar-refractivity contribution in [2.75, 3.05) is 19.6 Å². The molecule has 0 bridgehead atoms. The Morgan fingerprint density at radius 1 is 1.09 bits per heavy atom. The van der Waals surface area contributed by atoms with E-state index >= 15 is 0 Å². The third-order valence-corrected chi connectivity index (χ3v) is 9.00. The number of hydrogen-bond acceptors (Lipinski definition) is 4. The lowest BCUT2D eigenvalue weighted by molar-refractivity contribution is -0.139. The minimum absolute atomic E-state index is 0.0983. The van der Waals surface area contributed by atoms with Gasteiger partial charge in [0.1, 0.15) is 0 Å². The van der Waals surface area contributed by atoms with Crippen molar-refractivity contribution in [2.24, 2.45) is 11.7 Å². The number of nitrogens with two attached hydrogens (primary N) is 1. The van der Waals surface area contributed by atoms with Crippen LogP contribution in [-0.4, -0.2) is 38.5 Å². The van der Waals surface area contributed by atoms with Crippen LogP contribution in [0.4, 0.5) is 13.2 Å². The topological polar surface area (TPSA) is 72.6 Å². The van der Waals surface area contributed by atoms with Crippen molar-refractivity contribution in [2.45, 2.75) is 56.4 Å². The summed E-state index contributed by atoms with van der Waals surface area (Å²) in [5.41, 5.74) is 9.64. The quantitative estimate of drug-likeness (QED) is 0.703. The number of aryl methyl sites for hydroxylation is 1. The van der Waals surface area contributed by atoms with E-state index in [-0.39, 0.29) is 31.2 Å². The highest BCUT2D eigenvalue weighted by atomic mass is 32.2. The van der Waals surface area contributed by atoms with Gasteiger partial charge in [-0.2, -0.15) is 17.5 Å². The highest BCUT2D eigenvalue weighted by molar-refractivity contribution is 7.89. The SMILES string of the molecule is Cc1ccc2c(c1C)C[C@@H](C1CCN(S(=O)(=O)c3ccccc3C(F)(F)F)CC1)O[C@H]2CN. The number of piperidine rings is 1. The summed E-state index contributed by atoms with van der Waals surface area (Å²) in [5, 5.41) is 0. The van der Waals surface area contributed by atoms with Crippen molar-refractivity contribution >= 4 is 10.0 Å². The minimum atomic E-state index is -4.74. The lowest BCUT2D eigenvalue weighted by Gasteiger charge is -2.40. The number of benzene rings is 2. The number of rotatable bonds is 4. The zero-order valence-electron chi connectivity index (χ0n) is 18.7. The van der Waals surface area contributed by atoms with Gasteiger partial charge in [-0.15, -0.1) is 0 Å². The predicted octanol–water partition coefficient (Wildman–Crippen LogP) is 4.36. The highest BCUT2D eigenvalue weighted by Gasteiger charge is 2.41. The second-order valence-electron chi connectivity index (χ2n) is 8.91. The molecular formula is C24H29F3N2O3S. The van der Waals surface area contributed by atoms with Gasteiger partial charge in [-0.05, 0) is 73.4 Å². The van der Waals surface area contributed by atoms with Crippen LogP contribution in [0.25, 0.3) is 0 Å². The van der Waals surface area contributed by atoms with E-state index in [0.717, 1.165) is 24.1 Å². The van der Waals surface area contributed by atoms with E-state index in [1.54, 1.807) is 0 Å². The highest BCUT2D eigenvalue weighted by Crippen LogP contribution is 2.39. The Balaban J connectivity index is 1.51. The molecule has 2 N–H and O–H groups in total. The fraction of sp³-hybridized carbons (Fsp3) is 0.500. The van der Waals surface area contributed by atoms with Gasteiger partial charge >= 0.3 is 6.18 Å². The molecule has 0 aromatic heterocycles. The standard InChI is InChI=1S/C24H29F3N2O3S/c1-15-7-8-18-19(16(15)2)13-21(32-22(18)14-28)17-9-11-29(12-10-17)33(30,31)23-6-4-3-5-20(23)24(25,26)27/h3-8,17,21-22H,9-14,28H2,1-2H3/t21-,22-/m0/s1. The molecular weight excluding hydrogens is 453 g/mol. The van der Waals surface area contributed by atoms with E-state index in [9.17, 15) is 21.6 Å². The normalized spacial score (nSPS) is 22.8. The molecule has 9 heteroatoms. The van der Waals surface area contributed by atoms with Crippen LogP contribution in [0.1, 0.15) is 46.8 Å². The summed E-state index contributed by atoms with van der Waals surface area (Å²) in [6.45, 7) is 4.84. The molecule has 0 saturated carbocycles. The van der Waals surface area contributed by atoms with Gasteiger partial charge in [0.2, 0.25) is 10.0 Å². The number of hydrogen-bond donors (Lipinski definition) is 1. The van der Waals surface area contributed by atoms with Crippen molar-refractivity contribution in [1.82, 2.24) is 4.31 Å². The van der Waals surface area contributed by atoms with Gasteiger partial charge in [-0.1, -0.05) is 24.3 Å². The van der Waals surface area contributed by atoms with Gasteiger partial charge in [0.15, 0.2) is 0 Å². The zero-order valence-corrected chi connectivity index (χ0v) is 19.5. The number of ether oxygens (including phenoxy) is 1. The Labute approximate surface area is 192 Å². The molecule has 2 aromatic carbocycles. The third kappa shape index (κ3) is 4.56. The largest absolute Gasteiger partial charge is 0.417 e. The van der Waals surface area contributed by atoms with E-state index in [4.69, 9.17) is 10.5 Å². The molecule has 0 spiro atoms. The first-order valence-electron chi connectivity index (χ1n) is 11.1. The zero-order chi connectivity index (χ0) is 24.0. The van der Waals surface area contributed by atoms with Crippen LogP contribution in [0.3, 0.4) is 0 Å². The first-order valence-corrected chi connectivity index (χ1v) is 12.6. The molecule has 4 rings (SSSR count). The van der Waals surface area contributed by atoms with Gasteiger partial charge in [0.05, 0.1) is 22.7 Å². The van der Waals surface area contributed by atoms with Crippen molar-refractivity contribution < 1.29 is 26.3 Å². The number of nitrogens with zero attached hydrogens (tertiary/aromatic N) is 1. The lowest BCUT2D eigenvalue weighted by Crippen LogP contribution is -2.44. The van der Waals surface area contributed by atoms with Crippen LogP contribution in [0, 0.1) is 19.8 Å². The lowest BCUT2D eigenvalue weighted by atomic mass is 9.82.